The van der Waals surface area contributed by atoms with Crippen LogP contribution in [0, 0.1) is 11.8 Å². The van der Waals surface area contributed by atoms with Gasteiger partial charge in [-0.1, -0.05) is 0 Å². The zero-order valence-corrected chi connectivity index (χ0v) is 12.3. The topological polar surface area (TPSA) is 119 Å². The van der Waals surface area contributed by atoms with Crippen LogP contribution >= 0.6 is 0 Å². The zero-order chi connectivity index (χ0) is 15.8. The van der Waals surface area contributed by atoms with Gasteiger partial charge in [-0.2, -0.15) is 0 Å². The van der Waals surface area contributed by atoms with Crippen molar-refractivity contribution in [1.29, 1.82) is 0 Å². The summed E-state index contributed by atoms with van der Waals surface area (Å²) in [6.45, 7) is 0.630. The maximum atomic E-state index is 12.1. The summed E-state index contributed by atoms with van der Waals surface area (Å²) >= 11 is 0. The van der Waals surface area contributed by atoms with Crippen LogP contribution in [0.1, 0.15) is 38.5 Å². The highest BCUT2D eigenvalue weighted by Crippen LogP contribution is 2.28. The van der Waals surface area contributed by atoms with E-state index in [4.69, 9.17) is 10.8 Å². The molecule has 0 aromatic rings. The lowest BCUT2D eigenvalue weighted by Crippen LogP contribution is -2.44. The number of methoxy groups -OCH3 is 1. The molecule has 0 bridgehead atoms. The molecule has 0 aromatic carbocycles. The van der Waals surface area contributed by atoms with Crippen molar-refractivity contribution in [3.05, 3.63) is 0 Å². The quantitative estimate of drug-likeness (QED) is 0.581. The maximum Gasteiger partial charge on any atom is 0.326 e. The second-order valence-corrected chi connectivity index (χ2v) is 5.47. The predicted molar refractivity (Wildman–Crippen MR) is 75.3 cm³/mol. The monoisotopic (exact) mass is 300 g/mol. The van der Waals surface area contributed by atoms with Crippen LogP contribution in [0.3, 0.4) is 0 Å². The van der Waals surface area contributed by atoms with E-state index >= 15 is 0 Å². The number of aliphatic carboxylic acids is 1. The smallest absolute Gasteiger partial charge is 0.326 e. The molecule has 1 fully saturated rings. The first-order valence-electron chi connectivity index (χ1n) is 7.28. The summed E-state index contributed by atoms with van der Waals surface area (Å²) in [7, 11) is 1.24. The number of carbonyl (C=O) groups excluding carboxylic acids is 2. The van der Waals surface area contributed by atoms with Crippen LogP contribution in [0.2, 0.25) is 0 Å². The van der Waals surface area contributed by atoms with E-state index in [2.05, 4.69) is 10.1 Å². The maximum absolute atomic E-state index is 12.1. The third-order valence-corrected chi connectivity index (χ3v) is 4.03. The van der Waals surface area contributed by atoms with Crippen molar-refractivity contribution < 1.29 is 24.2 Å². The molecule has 1 aliphatic rings. The fourth-order valence-electron chi connectivity index (χ4n) is 2.57. The van der Waals surface area contributed by atoms with Gasteiger partial charge in [0.15, 0.2) is 0 Å². The molecule has 4 N–H and O–H groups in total. The molecule has 0 unspecified atom stereocenters. The molecule has 120 valence electrons. The van der Waals surface area contributed by atoms with Gasteiger partial charge in [-0.05, 0) is 44.6 Å². The summed E-state index contributed by atoms with van der Waals surface area (Å²) in [4.78, 5) is 34.3. The largest absolute Gasteiger partial charge is 0.480 e. The van der Waals surface area contributed by atoms with Crippen LogP contribution in [0.5, 0.6) is 0 Å². The number of hydrogen-bond donors (Lipinski definition) is 3. The minimum atomic E-state index is -1.14. The van der Waals surface area contributed by atoms with E-state index in [1.54, 1.807) is 0 Å². The summed E-state index contributed by atoms with van der Waals surface area (Å²) in [6.07, 6.45) is 3.26. The molecule has 0 radical (unpaired) electrons. The Hall–Kier alpha value is -1.63. The van der Waals surface area contributed by atoms with Gasteiger partial charge in [-0.25, -0.2) is 4.79 Å². The molecule has 0 aliphatic heterocycles. The van der Waals surface area contributed by atoms with E-state index in [-0.39, 0.29) is 24.7 Å². The fourth-order valence-corrected chi connectivity index (χ4v) is 2.57. The van der Waals surface area contributed by atoms with Crippen LogP contribution in [-0.2, 0) is 19.1 Å². The number of nitrogens with two attached hydrogens (primary N) is 1. The molecule has 1 saturated carbocycles. The minimum Gasteiger partial charge on any atom is -0.480 e. The molecule has 1 atom stereocenters. The first-order valence-corrected chi connectivity index (χ1v) is 7.28. The number of hydrogen-bond acceptors (Lipinski definition) is 5. The number of carbonyl (C=O) groups is 3. The minimum absolute atomic E-state index is 0.0336. The Morgan fingerprint density at radius 1 is 1.29 bits per heavy atom. The van der Waals surface area contributed by atoms with Crippen molar-refractivity contribution in [2.24, 2.45) is 17.6 Å². The molecule has 0 saturated heterocycles. The lowest BCUT2D eigenvalue weighted by molar-refractivity contribution is -0.144. The Morgan fingerprint density at radius 2 is 1.90 bits per heavy atom. The molecular weight excluding hydrogens is 276 g/mol. The molecule has 7 heteroatoms. The van der Waals surface area contributed by atoms with E-state index in [1.165, 1.54) is 7.11 Å². The van der Waals surface area contributed by atoms with Crippen molar-refractivity contribution in [1.82, 2.24) is 5.32 Å². The van der Waals surface area contributed by atoms with E-state index in [0.717, 1.165) is 25.7 Å². The molecule has 0 heterocycles. The van der Waals surface area contributed by atoms with E-state index < -0.39 is 18.0 Å². The SMILES string of the molecule is COC(=O)CC[C@@H](NC(=O)C1CCC(CN)CC1)C(=O)O. The van der Waals surface area contributed by atoms with Gasteiger partial charge >= 0.3 is 11.9 Å². The summed E-state index contributed by atoms with van der Waals surface area (Å²) < 4.78 is 4.47. The summed E-state index contributed by atoms with van der Waals surface area (Å²) in [6, 6.07) is -1.05. The van der Waals surface area contributed by atoms with Crippen molar-refractivity contribution in [2.75, 3.05) is 13.7 Å². The van der Waals surface area contributed by atoms with E-state index in [0.29, 0.717) is 12.5 Å². The van der Waals surface area contributed by atoms with Gasteiger partial charge in [0.05, 0.1) is 7.11 Å². The van der Waals surface area contributed by atoms with Crippen LogP contribution < -0.4 is 11.1 Å². The lowest BCUT2D eigenvalue weighted by atomic mass is 9.81. The molecule has 0 spiro atoms. The van der Waals surface area contributed by atoms with Gasteiger partial charge in [0.2, 0.25) is 5.91 Å². The van der Waals surface area contributed by atoms with Gasteiger partial charge in [0.1, 0.15) is 6.04 Å². The summed E-state index contributed by atoms with van der Waals surface area (Å²) in [5, 5.41) is 11.6. The predicted octanol–water partition coefficient (Wildman–Crippen LogP) is 0.274. The Bertz CT molecular complexity index is 378. The van der Waals surface area contributed by atoms with E-state index in [1.807, 2.05) is 0 Å². The molecule has 21 heavy (non-hydrogen) atoms. The summed E-state index contributed by atoms with van der Waals surface area (Å²) in [5.41, 5.74) is 5.60. The van der Waals surface area contributed by atoms with Gasteiger partial charge in [0, 0.05) is 12.3 Å². The molecule has 1 rings (SSSR count). The van der Waals surface area contributed by atoms with Crippen LogP contribution in [0.15, 0.2) is 0 Å². The number of nitrogens with one attached hydrogen (secondary N) is 1. The second-order valence-electron chi connectivity index (χ2n) is 5.47. The number of carboxylic acid groups (broad SMARTS) is 1. The third kappa shape index (κ3) is 5.71. The molecule has 1 amide bonds. The number of ether oxygens (including phenoxy) is 1. The Balaban J connectivity index is 2.45. The highest BCUT2D eigenvalue weighted by Gasteiger charge is 2.29. The van der Waals surface area contributed by atoms with Gasteiger partial charge in [-0.15, -0.1) is 0 Å². The van der Waals surface area contributed by atoms with Crippen LogP contribution in [0.25, 0.3) is 0 Å². The zero-order valence-electron chi connectivity index (χ0n) is 12.3. The van der Waals surface area contributed by atoms with Crippen molar-refractivity contribution in [2.45, 2.75) is 44.6 Å². The number of amides is 1. The fraction of sp³-hybridized carbons (Fsp3) is 0.786. The average Bonchev–Trinajstić information content (AvgIpc) is 2.50. The molecular formula is C14H24N2O5. The van der Waals surface area contributed by atoms with Crippen molar-refractivity contribution >= 4 is 17.8 Å². The molecule has 7 nitrogen and oxygen atoms in total. The first kappa shape index (κ1) is 17.4. The first-order chi connectivity index (χ1) is 9.97. The summed E-state index contributed by atoms with van der Waals surface area (Å²) in [5.74, 6) is -1.57. The highest BCUT2D eigenvalue weighted by molar-refractivity contribution is 5.85. The second kappa shape index (κ2) is 8.61. The third-order valence-electron chi connectivity index (χ3n) is 4.03. The van der Waals surface area contributed by atoms with Crippen molar-refractivity contribution in [3.8, 4) is 0 Å². The Labute approximate surface area is 124 Å². The molecule has 0 aromatic heterocycles. The van der Waals surface area contributed by atoms with Crippen LogP contribution in [0.4, 0.5) is 0 Å². The van der Waals surface area contributed by atoms with Gasteiger partial charge in [0.25, 0.3) is 0 Å². The van der Waals surface area contributed by atoms with E-state index in [9.17, 15) is 14.4 Å². The lowest BCUT2D eigenvalue weighted by Gasteiger charge is -2.27. The standard InChI is InChI=1S/C14H24N2O5/c1-21-12(17)7-6-11(14(19)20)16-13(18)10-4-2-9(8-15)3-5-10/h9-11H,2-8,15H2,1H3,(H,16,18)(H,19,20)/t9?,10?,11-/m1/s1. The van der Waals surface area contributed by atoms with Crippen LogP contribution in [-0.4, -0.2) is 42.6 Å². The Morgan fingerprint density at radius 3 is 2.38 bits per heavy atom. The highest BCUT2D eigenvalue weighted by atomic mass is 16.5. The van der Waals surface area contributed by atoms with Gasteiger partial charge in [-0.3, -0.25) is 9.59 Å². The normalized spacial score (nSPS) is 23.1. The number of esters is 1. The average molecular weight is 300 g/mol. The van der Waals surface area contributed by atoms with Gasteiger partial charge < -0.3 is 20.9 Å². The van der Waals surface area contributed by atoms with Crippen molar-refractivity contribution in [3.63, 3.8) is 0 Å². The molecule has 1 aliphatic carbocycles. The Kier molecular flexibility index (Phi) is 7.14. The number of rotatable bonds is 7. The number of carboxylic acids is 1.